The van der Waals surface area contributed by atoms with Gasteiger partial charge in [0, 0.05) is 12.6 Å². The molecule has 0 bridgehead atoms. The van der Waals surface area contributed by atoms with Gasteiger partial charge in [-0.05, 0) is 45.4 Å². The van der Waals surface area contributed by atoms with Crippen molar-refractivity contribution in [3.8, 4) is 0 Å². The number of morpholine rings is 1. The molecule has 1 amide bonds. The summed E-state index contributed by atoms with van der Waals surface area (Å²) in [4.78, 5) is 14.0. The van der Waals surface area contributed by atoms with Gasteiger partial charge in [0.25, 0.3) is 0 Å². The molecule has 2 saturated heterocycles. The average Bonchev–Trinajstić information content (AvgIpc) is 2.43. The highest BCUT2D eigenvalue weighted by molar-refractivity contribution is 5.69. The maximum Gasteiger partial charge on any atom is 0.410 e. The fraction of sp³-hybridized carbons (Fsp3) is 0.944. The molecule has 1 aliphatic carbocycles. The molecule has 5 heteroatoms. The van der Waals surface area contributed by atoms with Crippen LogP contribution in [0.1, 0.15) is 53.4 Å². The van der Waals surface area contributed by atoms with Gasteiger partial charge in [-0.1, -0.05) is 19.8 Å². The number of nitrogens with zero attached hydrogens (tertiary/aromatic N) is 1. The normalized spacial score (nSPS) is 34.1. The fourth-order valence-electron chi connectivity index (χ4n) is 4.30. The molecule has 0 aromatic heterocycles. The van der Waals surface area contributed by atoms with Gasteiger partial charge in [0.2, 0.25) is 0 Å². The van der Waals surface area contributed by atoms with Crippen LogP contribution in [0.2, 0.25) is 0 Å². The number of carbonyl (C=O) groups excluding carboxylic acids is 1. The van der Waals surface area contributed by atoms with E-state index in [4.69, 9.17) is 9.47 Å². The summed E-state index contributed by atoms with van der Waals surface area (Å²) >= 11 is 0. The Morgan fingerprint density at radius 1 is 1.22 bits per heavy atom. The predicted octanol–water partition coefficient (Wildman–Crippen LogP) is 2.79. The van der Waals surface area contributed by atoms with Crippen molar-refractivity contribution in [1.82, 2.24) is 10.2 Å². The molecular weight excluding hydrogens is 292 g/mol. The molecular formula is C18H32N2O3. The van der Waals surface area contributed by atoms with Crippen molar-refractivity contribution in [2.24, 2.45) is 11.8 Å². The van der Waals surface area contributed by atoms with E-state index in [2.05, 4.69) is 12.2 Å². The van der Waals surface area contributed by atoms with Crippen molar-refractivity contribution in [3.05, 3.63) is 0 Å². The Balaban J connectivity index is 1.61. The Bertz CT molecular complexity index is 432. The third kappa shape index (κ3) is 3.66. The molecule has 2 heterocycles. The zero-order valence-corrected chi connectivity index (χ0v) is 15.1. The van der Waals surface area contributed by atoms with Crippen LogP contribution in [-0.4, -0.2) is 54.5 Å². The summed E-state index contributed by atoms with van der Waals surface area (Å²) in [6, 6.07) is 0.377. The van der Waals surface area contributed by atoms with E-state index >= 15 is 0 Å². The van der Waals surface area contributed by atoms with Gasteiger partial charge in [-0.2, -0.15) is 0 Å². The van der Waals surface area contributed by atoms with E-state index < -0.39 is 5.60 Å². The first-order valence-corrected chi connectivity index (χ1v) is 9.14. The van der Waals surface area contributed by atoms with Crippen LogP contribution in [0.4, 0.5) is 4.79 Å². The third-order valence-corrected chi connectivity index (χ3v) is 5.52. The molecule has 0 aromatic rings. The molecule has 2 aliphatic heterocycles. The predicted molar refractivity (Wildman–Crippen MR) is 89.4 cm³/mol. The lowest BCUT2D eigenvalue weighted by Crippen LogP contribution is -2.76. The lowest BCUT2D eigenvalue weighted by Gasteiger charge is -2.57. The lowest BCUT2D eigenvalue weighted by molar-refractivity contribution is -0.185. The minimum atomic E-state index is -0.440. The molecule has 1 atom stereocenters. The molecule has 23 heavy (non-hydrogen) atoms. The van der Waals surface area contributed by atoms with Crippen LogP contribution in [0.15, 0.2) is 0 Å². The Morgan fingerprint density at radius 2 is 1.87 bits per heavy atom. The summed E-state index contributed by atoms with van der Waals surface area (Å²) in [7, 11) is 0. The number of nitrogens with one attached hydrogen (secondary N) is 1. The Morgan fingerprint density at radius 3 is 2.48 bits per heavy atom. The Kier molecular flexibility index (Phi) is 4.62. The van der Waals surface area contributed by atoms with Crippen LogP contribution in [-0.2, 0) is 9.47 Å². The van der Waals surface area contributed by atoms with Gasteiger partial charge < -0.3 is 19.7 Å². The van der Waals surface area contributed by atoms with Crippen LogP contribution in [0.5, 0.6) is 0 Å². The number of amides is 1. The summed E-state index contributed by atoms with van der Waals surface area (Å²) in [6.07, 6.45) is 4.96. The summed E-state index contributed by atoms with van der Waals surface area (Å²) in [6.45, 7) is 11.1. The van der Waals surface area contributed by atoms with Gasteiger partial charge in [0.1, 0.15) is 11.2 Å². The van der Waals surface area contributed by atoms with E-state index in [1.165, 1.54) is 25.7 Å². The lowest BCUT2D eigenvalue weighted by atomic mass is 9.71. The molecule has 0 radical (unpaired) electrons. The zero-order valence-electron chi connectivity index (χ0n) is 15.1. The molecule has 1 N–H and O–H groups in total. The van der Waals surface area contributed by atoms with Crippen LogP contribution in [0.25, 0.3) is 0 Å². The van der Waals surface area contributed by atoms with E-state index in [-0.39, 0.29) is 11.7 Å². The average molecular weight is 324 g/mol. The number of carbonyl (C=O) groups is 1. The molecule has 3 rings (SSSR count). The monoisotopic (exact) mass is 324 g/mol. The Labute approximate surface area is 140 Å². The van der Waals surface area contributed by atoms with Gasteiger partial charge in [0.05, 0.1) is 19.7 Å². The number of likely N-dealkylation sites (tertiary alicyclic amines) is 1. The van der Waals surface area contributed by atoms with Crippen LogP contribution >= 0.6 is 0 Å². The van der Waals surface area contributed by atoms with Gasteiger partial charge >= 0.3 is 6.09 Å². The Hall–Kier alpha value is -0.810. The topological polar surface area (TPSA) is 50.8 Å². The third-order valence-electron chi connectivity index (χ3n) is 5.52. The standard InChI is InChI=1S/C18H32N2O3/c1-13-5-7-14(8-6-13)15-18(22-10-9-19-15)11-20(12-18)16(21)23-17(2,3)4/h13-15,19H,5-12H2,1-4H3. The highest BCUT2D eigenvalue weighted by Gasteiger charge is 2.56. The summed E-state index contributed by atoms with van der Waals surface area (Å²) in [5.74, 6) is 1.53. The van der Waals surface area contributed by atoms with Crippen molar-refractivity contribution in [1.29, 1.82) is 0 Å². The van der Waals surface area contributed by atoms with Gasteiger partial charge in [0.15, 0.2) is 0 Å². The SMILES string of the molecule is CC1CCC(C2NCCOC23CN(C(=O)OC(C)(C)C)C3)CC1. The molecule has 1 saturated carbocycles. The number of hydrogen-bond acceptors (Lipinski definition) is 4. The highest BCUT2D eigenvalue weighted by Crippen LogP contribution is 2.40. The van der Waals surface area contributed by atoms with Crippen LogP contribution in [0, 0.1) is 11.8 Å². The molecule has 1 unspecified atom stereocenters. The van der Waals surface area contributed by atoms with Crippen molar-refractivity contribution < 1.29 is 14.3 Å². The van der Waals surface area contributed by atoms with E-state index in [0.717, 1.165) is 19.1 Å². The van der Waals surface area contributed by atoms with Crippen molar-refractivity contribution in [2.45, 2.75) is 70.6 Å². The van der Waals surface area contributed by atoms with E-state index in [1.807, 2.05) is 20.8 Å². The van der Waals surface area contributed by atoms with Gasteiger partial charge in [-0.15, -0.1) is 0 Å². The summed E-state index contributed by atoms with van der Waals surface area (Å²) in [5, 5.41) is 3.70. The molecule has 0 aromatic carbocycles. The summed E-state index contributed by atoms with van der Waals surface area (Å²) in [5.41, 5.74) is -0.634. The number of ether oxygens (including phenoxy) is 2. The molecule has 132 valence electrons. The van der Waals surface area contributed by atoms with Crippen LogP contribution in [0.3, 0.4) is 0 Å². The fourth-order valence-corrected chi connectivity index (χ4v) is 4.30. The highest BCUT2D eigenvalue weighted by atomic mass is 16.6. The molecule has 3 fully saturated rings. The number of rotatable bonds is 1. The van der Waals surface area contributed by atoms with E-state index in [1.54, 1.807) is 4.90 Å². The minimum absolute atomic E-state index is 0.194. The number of hydrogen-bond donors (Lipinski definition) is 1. The van der Waals surface area contributed by atoms with Crippen LogP contribution < -0.4 is 5.32 Å². The van der Waals surface area contributed by atoms with E-state index in [0.29, 0.717) is 25.0 Å². The second-order valence-corrected chi connectivity index (χ2v) is 8.70. The molecule has 3 aliphatic rings. The zero-order chi connectivity index (χ0) is 16.7. The van der Waals surface area contributed by atoms with Gasteiger partial charge in [-0.3, -0.25) is 0 Å². The van der Waals surface area contributed by atoms with E-state index in [9.17, 15) is 4.79 Å². The smallest absolute Gasteiger partial charge is 0.410 e. The van der Waals surface area contributed by atoms with Crippen molar-refractivity contribution in [2.75, 3.05) is 26.2 Å². The largest absolute Gasteiger partial charge is 0.444 e. The maximum absolute atomic E-state index is 12.2. The first kappa shape index (κ1) is 17.0. The summed E-state index contributed by atoms with van der Waals surface area (Å²) < 4.78 is 11.7. The maximum atomic E-state index is 12.2. The quantitative estimate of drug-likeness (QED) is 0.806. The molecule has 1 spiro atoms. The second kappa shape index (κ2) is 6.25. The first-order chi connectivity index (χ1) is 10.8. The first-order valence-electron chi connectivity index (χ1n) is 9.14. The van der Waals surface area contributed by atoms with Crippen molar-refractivity contribution >= 4 is 6.09 Å². The molecule has 5 nitrogen and oxygen atoms in total. The van der Waals surface area contributed by atoms with Gasteiger partial charge in [-0.25, -0.2) is 4.79 Å². The second-order valence-electron chi connectivity index (χ2n) is 8.70. The minimum Gasteiger partial charge on any atom is -0.444 e. The van der Waals surface area contributed by atoms with Crippen molar-refractivity contribution in [3.63, 3.8) is 0 Å².